The zero-order valence-electron chi connectivity index (χ0n) is 16.7. The molecule has 2 aromatic carbocycles. The van der Waals surface area contributed by atoms with Crippen molar-refractivity contribution in [2.75, 3.05) is 13.2 Å². The van der Waals surface area contributed by atoms with Gasteiger partial charge >= 0.3 is 12.0 Å². The van der Waals surface area contributed by atoms with E-state index >= 15 is 0 Å². The van der Waals surface area contributed by atoms with Crippen molar-refractivity contribution in [3.8, 4) is 0 Å². The van der Waals surface area contributed by atoms with E-state index in [4.69, 9.17) is 4.74 Å². The number of carbonyl (C=O) groups excluding carboxylic acids is 4. The molecule has 8 nitrogen and oxygen atoms in total. The average Bonchev–Trinajstić information content (AvgIpc) is 2.77. The molecule has 30 heavy (non-hydrogen) atoms. The number of ether oxygens (including phenoxy) is 1. The highest BCUT2D eigenvalue weighted by atomic mass is 16.5. The molecule has 3 N–H and O–H groups in total. The van der Waals surface area contributed by atoms with Crippen LogP contribution in [0.25, 0.3) is 0 Å². The van der Waals surface area contributed by atoms with Crippen molar-refractivity contribution in [2.24, 2.45) is 0 Å². The molecule has 0 aliphatic heterocycles. The lowest BCUT2D eigenvalue weighted by atomic mass is 10.0. The van der Waals surface area contributed by atoms with Crippen LogP contribution in [0.1, 0.15) is 41.7 Å². The molecule has 0 aliphatic rings. The fraction of sp³-hybridized carbons (Fsp3) is 0.273. The van der Waals surface area contributed by atoms with Crippen LogP contribution in [0.2, 0.25) is 0 Å². The molecule has 0 bridgehead atoms. The second-order valence-electron chi connectivity index (χ2n) is 6.47. The topological polar surface area (TPSA) is 114 Å². The van der Waals surface area contributed by atoms with Gasteiger partial charge in [0.15, 0.2) is 6.61 Å². The van der Waals surface area contributed by atoms with Gasteiger partial charge in [-0.25, -0.2) is 4.79 Å². The van der Waals surface area contributed by atoms with Gasteiger partial charge < -0.3 is 15.4 Å². The molecule has 0 radical (unpaired) electrons. The summed E-state index contributed by atoms with van der Waals surface area (Å²) >= 11 is 0. The van der Waals surface area contributed by atoms with Crippen LogP contribution in [0.5, 0.6) is 0 Å². The fourth-order valence-electron chi connectivity index (χ4n) is 2.59. The maximum absolute atomic E-state index is 12.5. The van der Waals surface area contributed by atoms with E-state index in [1.165, 1.54) is 0 Å². The van der Waals surface area contributed by atoms with E-state index in [-0.39, 0.29) is 12.3 Å². The van der Waals surface area contributed by atoms with Crippen LogP contribution in [0.4, 0.5) is 4.79 Å². The maximum Gasteiger partial charge on any atom is 0.321 e. The number of carbonyl (C=O) groups is 4. The van der Waals surface area contributed by atoms with Gasteiger partial charge in [0.1, 0.15) is 0 Å². The molecular weight excluding hydrogens is 386 g/mol. The third-order valence-corrected chi connectivity index (χ3v) is 4.07. The van der Waals surface area contributed by atoms with E-state index in [2.05, 4.69) is 16.0 Å². The molecular formula is C22H25N3O5. The molecule has 4 amide bonds. The Morgan fingerprint density at radius 2 is 1.57 bits per heavy atom. The number of nitrogens with one attached hydrogen (secondary N) is 3. The molecule has 0 aliphatic carbocycles. The van der Waals surface area contributed by atoms with Gasteiger partial charge in [-0.2, -0.15) is 0 Å². The third-order valence-electron chi connectivity index (χ3n) is 4.07. The summed E-state index contributed by atoms with van der Waals surface area (Å²) in [6, 6.07) is 16.3. The first kappa shape index (κ1) is 22.6. The Balaban J connectivity index is 1.93. The normalized spacial score (nSPS) is 11.1. The quantitative estimate of drug-likeness (QED) is 0.548. The van der Waals surface area contributed by atoms with E-state index < -0.39 is 30.6 Å². The number of esters is 1. The first-order valence-electron chi connectivity index (χ1n) is 9.63. The van der Waals surface area contributed by atoms with Gasteiger partial charge in [-0.1, -0.05) is 55.5 Å². The molecule has 0 unspecified atom stereocenters. The standard InChI is InChI=1S/C22H25N3O5/c1-2-13-23-22(29)25-19(26)15-30-20(27)14-18(16-9-5-3-6-10-16)24-21(28)17-11-7-4-8-12-17/h3-12,18H,2,13-15H2,1H3,(H,24,28)(H2,23,25,26,29)/t18-/m1/s1. The van der Waals surface area contributed by atoms with Crippen LogP contribution in [-0.2, 0) is 14.3 Å². The average molecular weight is 411 g/mol. The molecule has 2 rings (SSSR count). The molecule has 0 heterocycles. The molecule has 0 spiro atoms. The monoisotopic (exact) mass is 411 g/mol. The van der Waals surface area contributed by atoms with Gasteiger partial charge in [0.25, 0.3) is 11.8 Å². The van der Waals surface area contributed by atoms with Crippen LogP contribution < -0.4 is 16.0 Å². The number of benzene rings is 2. The summed E-state index contributed by atoms with van der Waals surface area (Å²) in [6.45, 7) is 1.72. The molecule has 0 saturated carbocycles. The lowest BCUT2D eigenvalue weighted by molar-refractivity contribution is -0.148. The van der Waals surface area contributed by atoms with Crippen molar-refractivity contribution in [2.45, 2.75) is 25.8 Å². The molecule has 2 aromatic rings. The van der Waals surface area contributed by atoms with Crippen molar-refractivity contribution in [1.82, 2.24) is 16.0 Å². The number of amides is 4. The van der Waals surface area contributed by atoms with Gasteiger partial charge in [-0.05, 0) is 24.1 Å². The Bertz CT molecular complexity index is 856. The van der Waals surface area contributed by atoms with Crippen LogP contribution in [0.3, 0.4) is 0 Å². The van der Waals surface area contributed by atoms with Gasteiger partial charge in [0.2, 0.25) is 0 Å². The third kappa shape index (κ3) is 7.75. The summed E-state index contributed by atoms with van der Waals surface area (Å²) < 4.78 is 4.97. The van der Waals surface area contributed by atoms with E-state index in [9.17, 15) is 19.2 Å². The van der Waals surface area contributed by atoms with Crippen molar-refractivity contribution in [1.29, 1.82) is 0 Å². The predicted octanol–water partition coefficient (Wildman–Crippen LogP) is 2.33. The zero-order valence-corrected chi connectivity index (χ0v) is 16.7. The predicted molar refractivity (Wildman–Crippen MR) is 110 cm³/mol. The summed E-state index contributed by atoms with van der Waals surface area (Å²) in [5.41, 5.74) is 1.19. The largest absolute Gasteiger partial charge is 0.455 e. The fourth-order valence-corrected chi connectivity index (χ4v) is 2.59. The second-order valence-corrected chi connectivity index (χ2v) is 6.47. The van der Waals surface area contributed by atoms with Crippen molar-refractivity contribution >= 4 is 23.8 Å². The Morgan fingerprint density at radius 1 is 0.933 bits per heavy atom. The van der Waals surface area contributed by atoms with Gasteiger partial charge in [-0.15, -0.1) is 0 Å². The Kier molecular flexibility index (Phi) is 9.05. The molecule has 0 aromatic heterocycles. The summed E-state index contributed by atoms with van der Waals surface area (Å²) in [5, 5.41) is 7.37. The minimum absolute atomic E-state index is 0.169. The van der Waals surface area contributed by atoms with Gasteiger partial charge in [0, 0.05) is 12.1 Å². The second kappa shape index (κ2) is 12.0. The minimum Gasteiger partial charge on any atom is -0.455 e. The van der Waals surface area contributed by atoms with E-state index in [0.717, 1.165) is 12.0 Å². The summed E-state index contributed by atoms with van der Waals surface area (Å²) in [6.07, 6.45) is 0.560. The number of rotatable bonds is 9. The number of urea groups is 1. The molecule has 1 atom stereocenters. The highest BCUT2D eigenvalue weighted by Crippen LogP contribution is 2.18. The number of hydrogen-bond donors (Lipinski definition) is 3. The zero-order chi connectivity index (χ0) is 21.8. The summed E-state index contributed by atoms with van der Waals surface area (Å²) in [5.74, 6) is -1.74. The van der Waals surface area contributed by atoms with Crippen molar-refractivity contribution < 1.29 is 23.9 Å². The first-order chi connectivity index (χ1) is 14.5. The number of imide groups is 1. The van der Waals surface area contributed by atoms with Crippen molar-refractivity contribution in [3.05, 3.63) is 71.8 Å². The SMILES string of the molecule is CCCNC(=O)NC(=O)COC(=O)C[C@@H](NC(=O)c1ccccc1)c1ccccc1. The van der Waals surface area contributed by atoms with Crippen LogP contribution in [0, 0.1) is 0 Å². The first-order valence-corrected chi connectivity index (χ1v) is 9.63. The molecule has 0 fully saturated rings. The van der Waals surface area contributed by atoms with Crippen LogP contribution in [0.15, 0.2) is 60.7 Å². The summed E-state index contributed by atoms with van der Waals surface area (Å²) in [4.78, 5) is 47.9. The Labute approximate surface area is 175 Å². The summed E-state index contributed by atoms with van der Waals surface area (Å²) in [7, 11) is 0. The van der Waals surface area contributed by atoms with E-state index in [0.29, 0.717) is 12.1 Å². The lowest BCUT2D eigenvalue weighted by Crippen LogP contribution is -2.41. The van der Waals surface area contributed by atoms with E-state index in [1.54, 1.807) is 54.6 Å². The number of hydrogen-bond acceptors (Lipinski definition) is 5. The molecule has 8 heteroatoms. The maximum atomic E-state index is 12.5. The lowest BCUT2D eigenvalue weighted by Gasteiger charge is -2.18. The molecule has 0 saturated heterocycles. The van der Waals surface area contributed by atoms with Gasteiger partial charge in [0.05, 0.1) is 12.5 Å². The Morgan fingerprint density at radius 3 is 2.20 bits per heavy atom. The van der Waals surface area contributed by atoms with Gasteiger partial charge in [-0.3, -0.25) is 19.7 Å². The smallest absolute Gasteiger partial charge is 0.321 e. The minimum atomic E-state index is -0.735. The highest BCUT2D eigenvalue weighted by Gasteiger charge is 2.21. The molecule has 158 valence electrons. The highest BCUT2D eigenvalue weighted by molar-refractivity contribution is 5.96. The van der Waals surface area contributed by atoms with Crippen LogP contribution >= 0.6 is 0 Å². The van der Waals surface area contributed by atoms with Crippen LogP contribution in [-0.4, -0.2) is 37.0 Å². The van der Waals surface area contributed by atoms with Crippen molar-refractivity contribution in [3.63, 3.8) is 0 Å². The Hall–Kier alpha value is -3.68. The van der Waals surface area contributed by atoms with E-state index in [1.807, 2.05) is 13.0 Å².